The standard InChI is InChI=1S/C8H11BrF3N3/c1-5(2)4-15-6(3-9)13-14-7(15)8(10,11)12/h5H,3-4H2,1-2H3. The van der Waals surface area contributed by atoms with Gasteiger partial charge in [0.15, 0.2) is 0 Å². The van der Waals surface area contributed by atoms with E-state index in [1.54, 1.807) is 0 Å². The largest absolute Gasteiger partial charge is 0.451 e. The summed E-state index contributed by atoms with van der Waals surface area (Å²) in [6.45, 7) is 3.96. The zero-order valence-corrected chi connectivity index (χ0v) is 9.93. The summed E-state index contributed by atoms with van der Waals surface area (Å²) in [6.07, 6.45) is -4.44. The van der Waals surface area contributed by atoms with Crippen LogP contribution in [-0.4, -0.2) is 14.8 Å². The van der Waals surface area contributed by atoms with Crippen LogP contribution in [-0.2, 0) is 18.1 Å². The first-order chi connectivity index (χ1) is 6.86. The number of rotatable bonds is 3. The SMILES string of the molecule is CC(C)Cn1c(CBr)nnc1C(F)(F)F. The third-order valence-electron chi connectivity index (χ3n) is 1.75. The zero-order chi connectivity index (χ0) is 11.6. The van der Waals surface area contributed by atoms with E-state index in [0.717, 1.165) is 4.57 Å². The Morgan fingerprint density at radius 1 is 1.33 bits per heavy atom. The van der Waals surface area contributed by atoms with Gasteiger partial charge >= 0.3 is 6.18 Å². The van der Waals surface area contributed by atoms with Gasteiger partial charge in [-0.1, -0.05) is 29.8 Å². The van der Waals surface area contributed by atoms with Crippen LogP contribution in [0.3, 0.4) is 0 Å². The molecule has 0 aliphatic rings. The summed E-state index contributed by atoms with van der Waals surface area (Å²) in [5.74, 6) is -0.512. The molecule has 0 aromatic carbocycles. The van der Waals surface area contributed by atoms with Crippen molar-refractivity contribution in [1.29, 1.82) is 0 Å². The van der Waals surface area contributed by atoms with Gasteiger partial charge in [-0.05, 0) is 5.92 Å². The normalized spacial score (nSPS) is 12.5. The van der Waals surface area contributed by atoms with Crippen LogP contribution < -0.4 is 0 Å². The minimum absolute atomic E-state index is 0.111. The fourth-order valence-corrected chi connectivity index (χ4v) is 1.62. The Morgan fingerprint density at radius 3 is 2.33 bits per heavy atom. The van der Waals surface area contributed by atoms with Crippen molar-refractivity contribution in [3.63, 3.8) is 0 Å². The van der Waals surface area contributed by atoms with E-state index in [9.17, 15) is 13.2 Å². The maximum Gasteiger partial charge on any atom is 0.451 e. The Labute approximate surface area is 93.8 Å². The molecule has 86 valence electrons. The highest BCUT2D eigenvalue weighted by atomic mass is 79.9. The van der Waals surface area contributed by atoms with Gasteiger partial charge in [0.05, 0.1) is 5.33 Å². The molecular weight excluding hydrogens is 275 g/mol. The molecule has 0 saturated carbocycles. The summed E-state index contributed by atoms with van der Waals surface area (Å²) < 4.78 is 38.6. The molecule has 15 heavy (non-hydrogen) atoms. The van der Waals surface area contributed by atoms with Crippen molar-refractivity contribution in [1.82, 2.24) is 14.8 Å². The molecule has 1 rings (SSSR count). The molecule has 0 amide bonds. The lowest BCUT2D eigenvalue weighted by atomic mass is 10.2. The van der Waals surface area contributed by atoms with E-state index in [0.29, 0.717) is 5.82 Å². The lowest BCUT2D eigenvalue weighted by Crippen LogP contribution is -2.18. The van der Waals surface area contributed by atoms with Crippen LogP contribution in [0.25, 0.3) is 0 Å². The fourth-order valence-electron chi connectivity index (χ4n) is 1.20. The van der Waals surface area contributed by atoms with Gasteiger partial charge in [-0.3, -0.25) is 0 Å². The predicted octanol–water partition coefficient (Wildman–Crippen LogP) is 2.85. The van der Waals surface area contributed by atoms with Gasteiger partial charge in [-0.25, -0.2) is 0 Å². The number of hydrogen-bond donors (Lipinski definition) is 0. The van der Waals surface area contributed by atoms with Crippen LogP contribution in [0, 0.1) is 5.92 Å². The molecule has 7 heteroatoms. The topological polar surface area (TPSA) is 30.7 Å². The third kappa shape index (κ3) is 2.93. The van der Waals surface area contributed by atoms with E-state index in [1.807, 2.05) is 13.8 Å². The molecular formula is C8H11BrF3N3. The van der Waals surface area contributed by atoms with Gasteiger partial charge in [0.25, 0.3) is 0 Å². The highest BCUT2D eigenvalue weighted by Gasteiger charge is 2.38. The van der Waals surface area contributed by atoms with Crippen molar-refractivity contribution < 1.29 is 13.2 Å². The highest BCUT2D eigenvalue weighted by Crippen LogP contribution is 2.29. The molecule has 0 unspecified atom stereocenters. The van der Waals surface area contributed by atoms with Gasteiger partial charge in [-0.15, -0.1) is 10.2 Å². The summed E-state index contributed by atoms with van der Waals surface area (Å²) in [5.41, 5.74) is 0. The molecule has 0 N–H and O–H groups in total. The zero-order valence-electron chi connectivity index (χ0n) is 8.35. The Bertz CT molecular complexity index is 332. The Morgan fingerprint density at radius 2 is 1.93 bits per heavy atom. The number of alkyl halides is 4. The lowest BCUT2D eigenvalue weighted by Gasteiger charge is -2.13. The smallest absolute Gasteiger partial charge is 0.306 e. The summed E-state index contributed by atoms with van der Waals surface area (Å²) in [4.78, 5) is 0. The number of nitrogens with zero attached hydrogens (tertiary/aromatic N) is 3. The highest BCUT2D eigenvalue weighted by molar-refractivity contribution is 9.08. The van der Waals surface area contributed by atoms with E-state index >= 15 is 0 Å². The van der Waals surface area contributed by atoms with E-state index in [2.05, 4.69) is 26.1 Å². The van der Waals surface area contributed by atoms with Crippen molar-refractivity contribution >= 4 is 15.9 Å². The summed E-state index contributed by atoms with van der Waals surface area (Å²) >= 11 is 3.09. The van der Waals surface area contributed by atoms with Crippen molar-refractivity contribution in [2.45, 2.75) is 31.9 Å². The second kappa shape index (κ2) is 4.51. The average molecular weight is 286 g/mol. The van der Waals surface area contributed by atoms with Crippen LogP contribution in [0.4, 0.5) is 13.2 Å². The number of hydrogen-bond acceptors (Lipinski definition) is 2. The predicted molar refractivity (Wildman–Crippen MR) is 52.5 cm³/mol. The number of aromatic nitrogens is 3. The van der Waals surface area contributed by atoms with Crippen molar-refractivity contribution in [3.8, 4) is 0 Å². The van der Waals surface area contributed by atoms with Crippen molar-refractivity contribution in [2.75, 3.05) is 0 Å². The first-order valence-corrected chi connectivity index (χ1v) is 5.53. The molecule has 1 aromatic rings. The molecule has 0 bridgehead atoms. The minimum atomic E-state index is -4.44. The monoisotopic (exact) mass is 285 g/mol. The molecule has 0 fully saturated rings. The van der Waals surface area contributed by atoms with Crippen LogP contribution >= 0.6 is 15.9 Å². The molecule has 0 spiro atoms. The van der Waals surface area contributed by atoms with Gasteiger partial charge in [0.2, 0.25) is 5.82 Å². The van der Waals surface area contributed by atoms with Gasteiger partial charge in [0.1, 0.15) is 5.82 Å². The quantitative estimate of drug-likeness (QED) is 0.800. The van der Waals surface area contributed by atoms with Crippen LogP contribution in [0.1, 0.15) is 25.5 Å². The van der Waals surface area contributed by atoms with Crippen molar-refractivity contribution in [2.24, 2.45) is 5.92 Å². The van der Waals surface area contributed by atoms with E-state index in [-0.39, 0.29) is 17.8 Å². The van der Waals surface area contributed by atoms with Gasteiger partial charge in [-0.2, -0.15) is 13.2 Å². The minimum Gasteiger partial charge on any atom is -0.306 e. The van der Waals surface area contributed by atoms with E-state index in [4.69, 9.17) is 0 Å². The third-order valence-corrected chi connectivity index (χ3v) is 2.25. The fraction of sp³-hybridized carbons (Fsp3) is 0.750. The molecule has 0 aliphatic carbocycles. The maximum absolute atomic E-state index is 12.5. The van der Waals surface area contributed by atoms with Gasteiger partial charge in [0, 0.05) is 6.54 Å². The summed E-state index contributed by atoms with van der Waals surface area (Å²) in [6, 6.07) is 0. The number of halogens is 4. The molecule has 3 nitrogen and oxygen atoms in total. The van der Waals surface area contributed by atoms with Crippen LogP contribution in [0.15, 0.2) is 0 Å². The molecule has 1 aromatic heterocycles. The lowest BCUT2D eigenvalue weighted by molar-refractivity contribution is -0.147. The Kier molecular flexibility index (Phi) is 3.75. The molecule has 0 atom stereocenters. The molecule has 0 radical (unpaired) electrons. The average Bonchev–Trinajstić information content (AvgIpc) is 2.45. The molecule has 0 saturated heterocycles. The van der Waals surface area contributed by atoms with E-state index < -0.39 is 12.0 Å². The van der Waals surface area contributed by atoms with Crippen molar-refractivity contribution in [3.05, 3.63) is 11.6 Å². The summed E-state index contributed by atoms with van der Waals surface area (Å²) in [5, 5.41) is 6.94. The van der Waals surface area contributed by atoms with E-state index in [1.165, 1.54) is 0 Å². The molecule has 1 heterocycles. The van der Waals surface area contributed by atoms with Crippen LogP contribution in [0.5, 0.6) is 0 Å². The first-order valence-electron chi connectivity index (χ1n) is 4.41. The summed E-state index contributed by atoms with van der Waals surface area (Å²) in [7, 11) is 0. The maximum atomic E-state index is 12.5. The van der Waals surface area contributed by atoms with Crippen LogP contribution in [0.2, 0.25) is 0 Å². The Balaban J connectivity index is 3.11. The second-order valence-corrected chi connectivity index (χ2v) is 4.14. The molecule has 0 aliphatic heterocycles. The van der Waals surface area contributed by atoms with Gasteiger partial charge < -0.3 is 4.57 Å². The Hall–Kier alpha value is -0.590. The first kappa shape index (κ1) is 12.5. The second-order valence-electron chi connectivity index (χ2n) is 3.58.